The van der Waals surface area contributed by atoms with Crippen molar-refractivity contribution >= 4 is 15.9 Å². The summed E-state index contributed by atoms with van der Waals surface area (Å²) in [5.41, 5.74) is 4.33. The topological polar surface area (TPSA) is 9.23 Å². The van der Waals surface area contributed by atoms with Gasteiger partial charge in [0.2, 0.25) is 0 Å². The summed E-state index contributed by atoms with van der Waals surface area (Å²) < 4.78 is 7.32. The van der Waals surface area contributed by atoms with Crippen LogP contribution < -0.4 is 4.74 Å². The number of hydrogen-bond donors (Lipinski definition) is 0. The van der Waals surface area contributed by atoms with Crippen molar-refractivity contribution in [1.82, 2.24) is 0 Å². The number of para-hydroxylation sites is 2. The van der Waals surface area contributed by atoms with E-state index in [2.05, 4.69) is 107 Å². The molecule has 0 saturated heterocycles. The predicted octanol–water partition coefficient (Wildman–Crippen LogP) is 6.94. The first-order valence-electron chi connectivity index (χ1n) is 8.99. The molecule has 0 radical (unpaired) electrons. The zero-order valence-corrected chi connectivity index (χ0v) is 16.2. The molecule has 0 N–H and O–H groups in total. The van der Waals surface area contributed by atoms with Gasteiger partial charge in [0.1, 0.15) is 11.5 Å². The van der Waals surface area contributed by atoms with Crippen molar-refractivity contribution in [3.05, 3.63) is 130 Å². The number of ether oxygens (including phenoxy) is 1. The van der Waals surface area contributed by atoms with Crippen LogP contribution in [-0.2, 0) is 5.41 Å². The van der Waals surface area contributed by atoms with Crippen LogP contribution in [-0.4, -0.2) is 0 Å². The Labute approximate surface area is 167 Å². The largest absolute Gasteiger partial charge is 0.455 e. The van der Waals surface area contributed by atoms with Crippen LogP contribution >= 0.6 is 15.9 Å². The van der Waals surface area contributed by atoms with Crippen molar-refractivity contribution in [1.29, 1.82) is 0 Å². The molecule has 4 aromatic carbocycles. The first-order valence-corrected chi connectivity index (χ1v) is 9.78. The normalized spacial score (nSPS) is 14.0. The summed E-state index contributed by atoms with van der Waals surface area (Å²) in [6, 6.07) is 36.0. The Kier molecular flexibility index (Phi) is 3.87. The van der Waals surface area contributed by atoms with Gasteiger partial charge in [0.05, 0.1) is 9.89 Å². The molecule has 1 aliphatic rings. The number of rotatable bonds is 2. The molecule has 0 amide bonds. The minimum absolute atomic E-state index is 0.434. The molecule has 0 atom stereocenters. The molecule has 0 aliphatic carbocycles. The maximum absolute atomic E-state index is 6.36. The average molecular weight is 413 g/mol. The van der Waals surface area contributed by atoms with E-state index in [1.807, 2.05) is 12.1 Å². The van der Waals surface area contributed by atoms with E-state index in [9.17, 15) is 0 Å². The van der Waals surface area contributed by atoms with Gasteiger partial charge in [0.15, 0.2) is 0 Å². The second-order valence-corrected chi connectivity index (χ2v) is 7.55. The Bertz CT molecular complexity index is 1060. The fourth-order valence-electron chi connectivity index (χ4n) is 4.19. The second-order valence-electron chi connectivity index (χ2n) is 6.70. The zero-order valence-electron chi connectivity index (χ0n) is 14.6. The van der Waals surface area contributed by atoms with E-state index in [-0.39, 0.29) is 0 Å². The Morgan fingerprint density at radius 3 is 1.78 bits per heavy atom. The minimum atomic E-state index is -0.434. The summed E-state index contributed by atoms with van der Waals surface area (Å²) in [4.78, 5) is 0. The zero-order chi connectivity index (χ0) is 18.3. The van der Waals surface area contributed by atoms with Crippen LogP contribution in [0.2, 0.25) is 0 Å². The van der Waals surface area contributed by atoms with Gasteiger partial charge in [0.25, 0.3) is 0 Å². The molecule has 2 heteroatoms. The molecule has 1 heterocycles. The summed E-state index contributed by atoms with van der Waals surface area (Å²) in [6.45, 7) is 0. The van der Waals surface area contributed by atoms with Gasteiger partial charge in [-0.05, 0) is 39.2 Å². The number of benzene rings is 4. The van der Waals surface area contributed by atoms with Crippen LogP contribution in [0.5, 0.6) is 11.5 Å². The Morgan fingerprint density at radius 1 is 0.556 bits per heavy atom. The fraction of sp³-hybridized carbons (Fsp3) is 0.0400. The predicted molar refractivity (Wildman–Crippen MR) is 113 cm³/mol. The molecule has 0 spiro atoms. The quantitative estimate of drug-likeness (QED) is 0.305. The Balaban J connectivity index is 1.99. The summed E-state index contributed by atoms with van der Waals surface area (Å²) in [6.07, 6.45) is 0. The summed E-state index contributed by atoms with van der Waals surface area (Å²) in [5.74, 6) is 1.77. The monoisotopic (exact) mass is 412 g/mol. The van der Waals surface area contributed by atoms with Crippen molar-refractivity contribution in [2.24, 2.45) is 0 Å². The Morgan fingerprint density at radius 2 is 1.11 bits per heavy atom. The van der Waals surface area contributed by atoms with Gasteiger partial charge in [-0.1, -0.05) is 91.0 Å². The van der Waals surface area contributed by atoms with Crippen molar-refractivity contribution < 1.29 is 4.74 Å². The maximum atomic E-state index is 6.36. The lowest BCUT2D eigenvalue weighted by atomic mass is 9.64. The highest BCUT2D eigenvalue weighted by atomic mass is 79.9. The molecule has 0 saturated carbocycles. The third-order valence-electron chi connectivity index (χ3n) is 5.29. The second kappa shape index (κ2) is 6.40. The average Bonchev–Trinajstić information content (AvgIpc) is 2.74. The van der Waals surface area contributed by atoms with Gasteiger partial charge < -0.3 is 4.74 Å². The molecule has 1 aliphatic heterocycles. The SMILES string of the molecule is Brc1cccc2c1Oc1ccccc1C2(c1ccccc1)c1ccccc1. The van der Waals surface area contributed by atoms with E-state index in [1.54, 1.807) is 0 Å². The van der Waals surface area contributed by atoms with Crippen molar-refractivity contribution in [3.8, 4) is 11.5 Å². The highest BCUT2D eigenvalue weighted by Gasteiger charge is 2.45. The highest BCUT2D eigenvalue weighted by molar-refractivity contribution is 9.10. The minimum Gasteiger partial charge on any atom is -0.455 e. The third-order valence-corrected chi connectivity index (χ3v) is 5.91. The molecule has 1 nitrogen and oxygen atoms in total. The van der Waals surface area contributed by atoms with Crippen LogP contribution in [0.25, 0.3) is 0 Å². The standard InChI is InChI=1S/C25H17BrO/c26-22-16-9-15-21-24(22)27-23-17-8-7-14-20(23)25(21,18-10-3-1-4-11-18)19-12-5-2-6-13-19/h1-17H. The van der Waals surface area contributed by atoms with E-state index >= 15 is 0 Å². The molecular weight excluding hydrogens is 396 g/mol. The molecule has 0 fully saturated rings. The summed E-state index contributed by atoms with van der Waals surface area (Å²) in [5, 5.41) is 0. The number of fused-ring (bicyclic) bond motifs is 2. The molecule has 0 aromatic heterocycles. The van der Waals surface area contributed by atoms with E-state index in [0.717, 1.165) is 27.1 Å². The number of halogens is 1. The van der Waals surface area contributed by atoms with E-state index in [4.69, 9.17) is 4.74 Å². The molecule has 27 heavy (non-hydrogen) atoms. The molecular formula is C25H17BrO. The summed E-state index contributed by atoms with van der Waals surface area (Å²) >= 11 is 3.71. The van der Waals surface area contributed by atoms with Crippen LogP contribution in [0, 0.1) is 0 Å². The van der Waals surface area contributed by atoms with Crippen molar-refractivity contribution in [2.45, 2.75) is 5.41 Å². The van der Waals surface area contributed by atoms with Crippen LogP contribution in [0.1, 0.15) is 22.3 Å². The smallest absolute Gasteiger partial charge is 0.146 e. The van der Waals surface area contributed by atoms with Crippen LogP contribution in [0.4, 0.5) is 0 Å². The maximum Gasteiger partial charge on any atom is 0.146 e. The van der Waals surface area contributed by atoms with Gasteiger partial charge in [-0.2, -0.15) is 0 Å². The van der Waals surface area contributed by atoms with E-state index < -0.39 is 5.41 Å². The van der Waals surface area contributed by atoms with Gasteiger partial charge in [-0.3, -0.25) is 0 Å². The molecule has 4 aromatic rings. The van der Waals surface area contributed by atoms with Gasteiger partial charge in [-0.15, -0.1) is 0 Å². The first kappa shape index (κ1) is 16.3. The van der Waals surface area contributed by atoms with E-state index in [1.165, 1.54) is 11.1 Å². The highest BCUT2D eigenvalue weighted by Crippen LogP contribution is 2.56. The van der Waals surface area contributed by atoms with Crippen LogP contribution in [0.3, 0.4) is 0 Å². The third kappa shape index (κ3) is 2.37. The fourth-order valence-corrected chi connectivity index (χ4v) is 4.64. The number of hydrogen-bond acceptors (Lipinski definition) is 1. The molecule has 0 unspecified atom stereocenters. The van der Waals surface area contributed by atoms with Crippen LogP contribution in [0.15, 0.2) is 108 Å². The van der Waals surface area contributed by atoms with Gasteiger partial charge in [0, 0.05) is 11.1 Å². The summed E-state index contributed by atoms with van der Waals surface area (Å²) in [7, 11) is 0. The lowest BCUT2D eigenvalue weighted by Gasteiger charge is -2.41. The molecule has 5 rings (SSSR count). The Hall–Kier alpha value is -2.84. The van der Waals surface area contributed by atoms with Gasteiger partial charge >= 0.3 is 0 Å². The van der Waals surface area contributed by atoms with Gasteiger partial charge in [-0.25, -0.2) is 0 Å². The van der Waals surface area contributed by atoms with Crippen molar-refractivity contribution in [2.75, 3.05) is 0 Å². The molecule has 0 bridgehead atoms. The molecule has 130 valence electrons. The van der Waals surface area contributed by atoms with Crippen molar-refractivity contribution in [3.63, 3.8) is 0 Å². The first-order chi connectivity index (χ1) is 13.3. The lowest BCUT2D eigenvalue weighted by molar-refractivity contribution is 0.431. The van der Waals surface area contributed by atoms with E-state index in [0.29, 0.717) is 0 Å². The lowest BCUT2D eigenvalue weighted by Crippen LogP contribution is -2.34.